The van der Waals surface area contributed by atoms with Crippen LogP contribution in [0.4, 0.5) is 0 Å². The fourth-order valence-electron chi connectivity index (χ4n) is 2.66. The summed E-state index contributed by atoms with van der Waals surface area (Å²) in [6.07, 6.45) is 4.25. The SMILES string of the molecule is C=CCn1cc(CN2CCOC[C@@H]2CC(=O)OCC)c(C)n1. The van der Waals surface area contributed by atoms with Gasteiger partial charge in [-0.15, -0.1) is 6.58 Å². The first kappa shape index (κ1) is 16.7. The topological polar surface area (TPSA) is 56.6 Å². The Morgan fingerprint density at radius 1 is 1.64 bits per heavy atom. The molecule has 1 atom stereocenters. The van der Waals surface area contributed by atoms with E-state index < -0.39 is 0 Å². The highest BCUT2D eigenvalue weighted by atomic mass is 16.5. The quantitative estimate of drug-likeness (QED) is 0.565. The first-order chi connectivity index (χ1) is 10.6. The standard InChI is InChI=1S/C16H25N3O3/c1-4-6-19-11-14(13(3)17-19)10-18-7-8-21-12-15(18)9-16(20)22-5-2/h4,11,15H,1,5-10,12H2,2-3H3/t15-/m0/s1. The van der Waals surface area contributed by atoms with Gasteiger partial charge in [-0.2, -0.15) is 5.10 Å². The van der Waals surface area contributed by atoms with Crippen molar-refractivity contribution in [1.82, 2.24) is 14.7 Å². The van der Waals surface area contributed by atoms with Crippen LogP contribution in [0.15, 0.2) is 18.9 Å². The fraction of sp³-hybridized carbons (Fsp3) is 0.625. The van der Waals surface area contributed by atoms with Crippen LogP contribution >= 0.6 is 0 Å². The average Bonchev–Trinajstić information content (AvgIpc) is 2.82. The highest BCUT2D eigenvalue weighted by Gasteiger charge is 2.26. The number of aromatic nitrogens is 2. The number of hydrogen-bond acceptors (Lipinski definition) is 5. The largest absolute Gasteiger partial charge is 0.466 e. The number of nitrogens with zero attached hydrogens (tertiary/aromatic N) is 3. The molecule has 1 aromatic heterocycles. The van der Waals surface area contributed by atoms with Gasteiger partial charge in [0.05, 0.1) is 38.5 Å². The third kappa shape index (κ3) is 4.42. The summed E-state index contributed by atoms with van der Waals surface area (Å²) in [5.41, 5.74) is 2.20. The summed E-state index contributed by atoms with van der Waals surface area (Å²) in [4.78, 5) is 14.0. The van der Waals surface area contributed by atoms with Crippen LogP contribution in [-0.4, -0.2) is 53.1 Å². The van der Waals surface area contributed by atoms with Crippen LogP contribution < -0.4 is 0 Å². The molecule has 1 saturated heterocycles. The summed E-state index contributed by atoms with van der Waals surface area (Å²) in [5.74, 6) is -0.165. The number of morpholine rings is 1. The molecule has 22 heavy (non-hydrogen) atoms. The summed E-state index contributed by atoms with van der Waals surface area (Å²) in [7, 11) is 0. The van der Waals surface area contributed by atoms with Crippen molar-refractivity contribution in [3.05, 3.63) is 30.1 Å². The summed E-state index contributed by atoms with van der Waals surface area (Å²) in [6, 6.07) is 0.0648. The minimum absolute atomic E-state index is 0.0648. The Kier molecular flexibility index (Phi) is 6.15. The molecule has 6 nitrogen and oxygen atoms in total. The Hall–Kier alpha value is -1.66. The highest BCUT2D eigenvalue weighted by Crippen LogP contribution is 2.17. The zero-order chi connectivity index (χ0) is 15.9. The lowest BCUT2D eigenvalue weighted by Gasteiger charge is -2.34. The molecule has 122 valence electrons. The molecule has 1 fully saturated rings. The van der Waals surface area contributed by atoms with E-state index in [2.05, 4.69) is 16.6 Å². The van der Waals surface area contributed by atoms with E-state index >= 15 is 0 Å². The van der Waals surface area contributed by atoms with Gasteiger partial charge in [0.25, 0.3) is 0 Å². The third-order valence-electron chi connectivity index (χ3n) is 3.79. The van der Waals surface area contributed by atoms with Gasteiger partial charge in [0.1, 0.15) is 0 Å². The van der Waals surface area contributed by atoms with Gasteiger partial charge >= 0.3 is 5.97 Å². The Bertz CT molecular complexity index is 513. The second-order valence-electron chi connectivity index (χ2n) is 5.46. The van der Waals surface area contributed by atoms with Gasteiger partial charge in [0.15, 0.2) is 0 Å². The first-order valence-electron chi connectivity index (χ1n) is 7.75. The Morgan fingerprint density at radius 2 is 2.45 bits per heavy atom. The van der Waals surface area contributed by atoms with E-state index in [9.17, 15) is 4.79 Å². The Labute approximate surface area is 131 Å². The lowest BCUT2D eigenvalue weighted by Crippen LogP contribution is -2.46. The van der Waals surface area contributed by atoms with E-state index in [-0.39, 0.29) is 12.0 Å². The number of hydrogen-bond donors (Lipinski definition) is 0. The Morgan fingerprint density at radius 3 is 3.18 bits per heavy atom. The molecule has 0 radical (unpaired) electrons. The minimum atomic E-state index is -0.165. The summed E-state index contributed by atoms with van der Waals surface area (Å²) in [5, 5.41) is 4.48. The maximum atomic E-state index is 11.7. The van der Waals surface area contributed by atoms with Crippen molar-refractivity contribution in [1.29, 1.82) is 0 Å². The van der Waals surface area contributed by atoms with Gasteiger partial charge in [-0.1, -0.05) is 6.08 Å². The van der Waals surface area contributed by atoms with Gasteiger partial charge in [-0.25, -0.2) is 0 Å². The number of aryl methyl sites for hydroxylation is 1. The first-order valence-corrected chi connectivity index (χ1v) is 7.75. The van der Waals surface area contributed by atoms with E-state index in [1.165, 1.54) is 5.56 Å². The molecule has 0 N–H and O–H groups in total. The van der Waals surface area contributed by atoms with Crippen molar-refractivity contribution < 1.29 is 14.3 Å². The molecule has 0 bridgehead atoms. The predicted molar refractivity (Wildman–Crippen MR) is 83.4 cm³/mol. The Balaban J connectivity index is 2.01. The molecular weight excluding hydrogens is 282 g/mol. The highest BCUT2D eigenvalue weighted by molar-refractivity contribution is 5.70. The van der Waals surface area contributed by atoms with Crippen LogP contribution in [0.5, 0.6) is 0 Å². The summed E-state index contributed by atoms with van der Waals surface area (Å²) >= 11 is 0. The lowest BCUT2D eigenvalue weighted by atomic mass is 10.1. The van der Waals surface area contributed by atoms with Crippen LogP contribution in [0.3, 0.4) is 0 Å². The lowest BCUT2D eigenvalue weighted by molar-refractivity contribution is -0.146. The maximum Gasteiger partial charge on any atom is 0.307 e. The average molecular weight is 307 g/mol. The molecule has 0 spiro atoms. The van der Waals surface area contributed by atoms with Gasteiger partial charge in [-0.05, 0) is 13.8 Å². The fourth-order valence-corrected chi connectivity index (χ4v) is 2.66. The smallest absolute Gasteiger partial charge is 0.307 e. The van der Waals surface area contributed by atoms with Crippen molar-refractivity contribution in [2.45, 2.75) is 39.4 Å². The number of ether oxygens (including phenoxy) is 2. The molecule has 0 amide bonds. The molecular formula is C16H25N3O3. The van der Waals surface area contributed by atoms with E-state index in [1.54, 1.807) is 0 Å². The molecule has 0 aliphatic carbocycles. The maximum absolute atomic E-state index is 11.7. The van der Waals surface area contributed by atoms with Crippen LogP contribution in [-0.2, 0) is 27.4 Å². The molecule has 1 aromatic rings. The van der Waals surface area contributed by atoms with Crippen molar-refractivity contribution in [2.24, 2.45) is 0 Å². The third-order valence-corrected chi connectivity index (χ3v) is 3.79. The molecule has 1 aliphatic rings. The molecule has 0 aromatic carbocycles. The van der Waals surface area contributed by atoms with Crippen LogP contribution in [0.25, 0.3) is 0 Å². The second-order valence-corrected chi connectivity index (χ2v) is 5.46. The second kappa shape index (κ2) is 8.10. The van der Waals surface area contributed by atoms with Crippen molar-refractivity contribution in [3.63, 3.8) is 0 Å². The molecule has 2 heterocycles. The van der Waals surface area contributed by atoms with Gasteiger partial charge < -0.3 is 9.47 Å². The van der Waals surface area contributed by atoms with Crippen LogP contribution in [0.2, 0.25) is 0 Å². The van der Waals surface area contributed by atoms with Crippen molar-refractivity contribution in [2.75, 3.05) is 26.4 Å². The molecule has 2 rings (SSSR count). The summed E-state index contributed by atoms with van der Waals surface area (Å²) in [6.45, 7) is 11.5. The van der Waals surface area contributed by atoms with Gasteiger partial charge in [0, 0.05) is 30.9 Å². The minimum Gasteiger partial charge on any atom is -0.466 e. The molecule has 6 heteroatoms. The van der Waals surface area contributed by atoms with E-state index in [1.807, 2.05) is 30.8 Å². The van der Waals surface area contributed by atoms with Crippen molar-refractivity contribution >= 4 is 5.97 Å². The van der Waals surface area contributed by atoms with E-state index in [4.69, 9.17) is 9.47 Å². The van der Waals surface area contributed by atoms with Crippen LogP contribution in [0, 0.1) is 6.92 Å². The zero-order valence-corrected chi connectivity index (χ0v) is 13.5. The number of carbonyl (C=O) groups is 1. The molecule has 0 saturated carbocycles. The monoisotopic (exact) mass is 307 g/mol. The zero-order valence-electron chi connectivity index (χ0n) is 13.5. The van der Waals surface area contributed by atoms with Gasteiger partial charge in [0.2, 0.25) is 0 Å². The number of allylic oxidation sites excluding steroid dienone is 1. The summed E-state index contributed by atoms with van der Waals surface area (Å²) < 4.78 is 12.5. The van der Waals surface area contributed by atoms with Crippen LogP contribution in [0.1, 0.15) is 24.6 Å². The number of esters is 1. The molecule has 1 aliphatic heterocycles. The van der Waals surface area contributed by atoms with E-state index in [0.29, 0.717) is 32.8 Å². The normalized spacial score (nSPS) is 19.1. The van der Waals surface area contributed by atoms with E-state index in [0.717, 1.165) is 18.8 Å². The number of carbonyl (C=O) groups excluding carboxylic acids is 1. The number of rotatable bonds is 7. The van der Waals surface area contributed by atoms with Crippen molar-refractivity contribution in [3.8, 4) is 0 Å². The van der Waals surface area contributed by atoms with Gasteiger partial charge in [-0.3, -0.25) is 14.4 Å². The predicted octanol–water partition coefficient (Wildman–Crippen LogP) is 1.53. The molecule has 0 unspecified atom stereocenters.